The van der Waals surface area contributed by atoms with Crippen LogP contribution >= 0.6 is 0 Å². The highest BCUT2D eigenvalue weighted by molar-refractivity contribution is 7.86. The van der Waals surface area contributed by atoms with Crippen molar-refractivity contribution >= 4 is 10.1 Å². The Balaban J connectivity index is 1.94. The molecule has 1 fully saturated rings. The Morgan fingerprint density at radius 3 is 2.45 bits per heavy atom. The lowest BCUT2D eigenvalue weighted by Gasteiger charge is -2.18. The zero-order valence-electron chi connectivity index (χ0n) is 11.8. The number of rotatable bonds is 6. The first kappa shape index (κ1) is 17.3. The number of aryl methyl sites for hydroxylation is 1. The van der Waals surface area contributed by atoms with Crippen LogP contribution in [-0.4, -0.2) is 61.7 Å². The minimum Gasteiger partial charge on any atom is -0.394 e. The number of aliphatic hydroxyl groups is 3. The topological polar surface area (TPSA) is 123 Å². The Morgan fingerprint density at radius 1 is 1.23 bits per heavy atom. The van der Waals surface area contributed by atoms with E-state index in [4.69, 9.17) is 18.8 Å². The molecule has 1 saturated heterocycles. The largest absolute Gasteiger partial charge is 0.394 e. The molecular weight excluding hydrogens is 316 g/mol. The summed E-state index contributed by atoms with van der Waals surface area (Å²) in [5, 5.41) is 28.0. The maximum atomic E-state index is 11.9. The molecule has 124 valence electrons. The molecule has 3 N–H and O–H groups in total. The van der Waals surface area contributed by atoms with Crippen molar-refractivity contribution in [3.63, 3.8) is 0 Å². The van der Waals surface area contributed by atoms with E-state index in [1.807, 2.05) is 6.92 Å². The Morgan fingerprint density at radius 2 is 1.86 bits per heavy atom. The summed E-state index contributed by atoms with van der Waals surface area (Å²) in [5.41, 5.74) is 0.904. The van der Waals surface area contributed by atoms with Gasteiger partial charge < -0.3 is 24.8 Å². The van der Waals surface area contributed by atoms with Gasteiger partial charge in [0.15, 0.2) is 13.1 Å². The van der Waals surface area contributed by atoms with Gasteiger partial charge in [0.2, 0.25) is 0 Å². The van der Waals surface area contributed by atoms with Gasteiger partial charge in [-0.25, -0.2) is 4.18 Å². The summed E-state index contributed by atoms with van der Waals surface area (Å²) >= 11 is 0. The predicted molar refractivity (Wildman–Crippen MR) is 73.2 cm³/mol. The molecule has 0 aromatic heterocycles. The summed E-state index contributed by atoms with van der Waals surface area (Å²) in [7, 11) is -4.00. The predicted octanol–water partition coefficient (Wildman–Crippen LogP) is -0.887. The van der Waals surface area contributed by atoms with E-state index in [1.165, 1.54) is 12.1 Å². The van der Waals surface area contributed by atoms with Gasteiger partial charge in [0.05, 0.1) is 11.5 Å². The number of aliphatic hydroxyl groups excluding tert-OH is 3. The van der Waals surface area contributed by atoms with Crippen LogP contribution in [0.2, 0.25) is 0 Å². The van der Waals surface area contributed by atoms with Gasteiger partial charge in [0, 0.05) is 0 Å². The molecule has 8 nitrogen and oxygen atoms in total. The van der Waals surface area contributed by atoms with Crippen molar-refractivity contribution in [1.82, 2.24) is 0 Å². The molecule has 2 rings (SSSR count). The monoisotopic (exact) mass is 334 g/mol. The molecule has 0 spiro atoms. The summed E-state index contributed by atoms with van der Waals surface area (Å²) in [4.78, 5) is -0.0244. The van der Waals surface area contributed by atoms with E-state index in [2.05, 4.69) is 0 Å². The molecule has 1 aliphatic rings. The molecule has 0 aliphatic carbocycles. The lowest BCUT2D eigenvalue weighted by Crippen LogP contribution is -2.37. The van der Waals surface area contributed by atoms with Crippen LogP contribution in [0, 0.1) is 6.92 Å². The maximum absolute atomic E-state index is 11.9. The lowest BCUT2D eigenvalue weighted by molar-refractivity contribution is -0.132. The second kappa shape index (κ2) is 7.01. The van der Waals surface area contributed by atoms with Crippen molar-refractivity contribution < 1.29 is 37.4 Å². The first-order valence-electron chi connectivity index (χ1n) is 6.55. The number of hydrogen-bond donors (Lipinski definition) is 3. The standard InChI is InChI=1S/C13H18O8S/c1-8-2-4-9(5-3-8)22(17,18)20-7-19-12-10(6-14)21-13(16)11(12)15/h2-5,10-16H,6-7H2,1H3/t10-,11-,12-,13+/m1/s1. The number of benzene rings is 1. The highest BCUT2D eigenvalue weighted by atomic mass is 32.2. The maximum Gasteiger partial charge on any atom is 0.299 e. The van der Waals surface area contributed by atoms with Crippen LogP contribution in [0.3, 0.4) is 0 Å². The molecule has 0 unspecified atom stereocenters. The molecule has 0 bridgehead atoms. The minimum absolute atomic E-state index is 0.0244. The fourth-order valence-corrected chi connectivity index (χ4v) is 2.80. The molecule has 1 heterocycles. The normalized spacial score (nSPS) is 28.9. The Labute approximate surface area is 128 Å². The van der Waals surface area contributed by atoms with E-state index < -0.39 is 48.1 Å². The van der Waals surface area contributed by atoms with Gasteiger partial charge in [-0.05, 0) is 19.1 Å². The van der Waals surface area contributed by atoms with Crippen LogP contribution in [0.4, 0.5) is 0 Å². The van der Waals surface area contributed by atoms with Crippen LogP contribution in [0.5, 0.6) is 0 Å². The SMILES string of the molecule is Cc1ccc(S(=O)(=O)OCO[C@H]2[C@@H](O)[C@@H](O)O[C@@H]2CO)cc1. The zero-order chi connectivity index (χ0) is 16.3. The summed E-state index contributed by atoms with van der Waals surface area (Å²) in [6, 6.07) is 6.06. The molecule has 0 amide bonds. The quantitative estimate of drug-likeness (QED) is 0.452. The average Bonchev–Trinajstić information content (AvgIpc) is 2.75. The van der Waals surface area contributed by atoms with Crippen molar-refractivity contribution in [2.45, 2.75) is 36.4 Å². The number of ether oxygens (including phenoxy) is 2. The van der Waals surface area contributed by atoms with Crippen LogP contribution in [0.25, 0.3) is 0 Å². The van der Waals surface area contributed by atoms with Crippen LogP contribution in [0.15, 0.2) is 29.2 Å². The summed E-state index contributed by atoms with van der Waals surface area (Å²) in [6.45, 7) is 0.649. The number of hydrogen-bond acceptors (Lipinski definition) is 8. The first-order chi connectivity index (χ1) is 10.3. The van der Waals surface area contributed by atoms with Crippen molar-refractivity contribution in [1.29, 1.82) is 0 Å². The summed E-state index contributed by atoms with van der Waals surface area (Å²) in [6.07, 6.45) is -4.96. The molecule has 1 aliphatic heterocycles. The second-order valence-corrected chi connectivity index (χ2v) is 6.49. The third-order valence-corrected chi connectivity index (χ3v) is 4.52. The molecule has 0 radical (unpaired) electrons. The minimum atomic E-state index is -4.00. The van der Waals surface area contributed by atoms with Crippen LogP contribution < -0.4 is 0 Å². The third-order valence-electron chi connectivity index (χ3n) is 3.26. The van der Waals surface area contributed by atoms with Gasteiger partial charge in [-0.1, -0.05) is 17.7 Å². The Hall–Kier alpha value is -1.07. The first-order valence-corrected chi connectivity index (χ1v) is 7.96. The molecule has 9 heteroatoms. The van der Waals surface area contributed by atoms with Gasteiger partial charge in [-0.2, -0.15) is 8.42 Å². The van der Waals surface area contributed by atoms with Gasteiger partial charge in [-0.3, -0.25) is 0 Å². The molecule has 1 aromatic rings. The summed E-state index contributed by atoms with van der Waals surface area (Å²) < 4.78 is 38.5. The van der Waals surface area contributed by atoms with Gasteiger partial charge >= 0.3 is 0 Å². The van der Waals surface area contributed by atoms with E-state index in [1.54, 1.807) is 12.1 Å². The fourth-order valence-electron chi connectivity index (χ4n) is 2.01. The van der Waals surface area contributed by atoms with Gasteiger partial charge in [0.1, 0.15) is 18.3 Å². The van der Waals surface area contributed by atoms with E-state index >= 15 is 0 Å². The second-order valence-electron chi connectivity index (χ2n) is 4.87. The van der Waals surface area contributed by atoms with E-state index in [-0.39, 0.29) is 4.90 Å². The van der Waals surface area contributed by atoms with Crippen LogP contribution in [-0.2, 0) is 23.8 Å². The van der Waals surface area contributed by atoms with Gasteiger partial charge in [-0.15, -0.1) is 0 Å². The fraction of sp³-hybridized carbons (Fsp3) is 0.538. The van der Waals surface area contributed by atoms with Crippen molar-refractivity contribution in [3.05, 3.63) is 29.8 Å². The molecule has 4 atom stereocenters. The van der Waals surface area contributed by atoms with E-state index in [0.29, 0.717) is 0 Å². The highest BCUT2D eigenvalue weighted by Crippen LogP contribution is 2.23. The molecule has 22 heavy (non-hydrogen) atoms. The van der Waals surface area contributed by atoms with Crippen molar-refractivity contribution in [3.8, 4) is 0 Å². The van der Waals surface area contributed by atoms with E-state index in [9.17, 15) is 18.6 Å². The van der Waals surface area contributed by atoms with E-state index in [0.717, 1.165) is 5.56 Å². The summed E-state index contributed by atoms with van der Waals surface area (Å²) in [5.74, 6) is 0. The molecular formula is C13H18O8S. The van der Waals surface area contributed by atoms with Gasteiger partial charge in [0.25, 0.3) is 10.1 Å². The molecule has 0 saturated carbocycles. The third kappa shape index (κ3) is 3.82. The smallest absolute Gasteiger partial charge is 0.299 e. The van der Waals surface area contributed by atoms with Crippen molar-refractivity contribution in [2.24, 2.45) is 0 Å². The molecule has 1 aromatic carbocycles. The highest BCUT2D eigenvalue weighted by Gasteiger charge is 2.43. The van der Waals surface area contributed by atoms with Crippen molar-refractivity contribution in [2.75, 3.05) is 13.4 Å². The lowest BCUT2D eigenvalue weighted by atomic mass is 10.1. The Kier molecular flexibility index (Phi) is 5.50. The Bertz CT molecular complexity index is 585. The average molecular weight is 334 g/mol. The zero-order valence-corrected chi connectivity index (χ0v) is 12.6. The van der Waals surface area contributed by atoms with Crippen LogP contribution in [0.1, 0.15) is 5.56 Å².